The van der Waals surface area contributed by atoms with Crippen molar-refractivity contribution in [1.29, 1.82) is 0 Å². The maximum absolute atomic E-state index is 15.1. The van der Waals surface area contributed by atoms with Gasteiger partial charge in [0.15, 0.2) is 17.3 Å². The second kappa shape index (κ2) is 11.5. The smallest absolute Gasteiger partial charge is 0.278 e. The van der Waals surface area contributed by atoms with Crippen LogP contribution < -0.4 is 5.43 Å². The second-order valence-electron chi connectivity index (χ2n) is 10.4. The van der Waals surface area contributed by atoms with Crippen LogP contribution in [0.2, 0.25) is 0 Å². The number of amides is 1. The van der Waals surface area contributed by atoms with Crippen LogP contribution in [0.5, 0.6) is 0 Å². The van der Waals surface area contributed by atoms with Gasteiger partial charge in [-0.15, -0.1) is 0 Å². The summed E-state index contributed by atoms with van der Waals surface area (Å²) in [7, 11) is 0. The number of aryl methyl sites for hydroxylation is 1. The first-order valence-electron chi connectivity index (χ1n) is 13.4. The summed E-state index contributed by atoms with van der Waals surface area (Å²) in [6.07, 6.45) is 2.90. The largest absolute Gasteiger partial charge is 0.334 e. The molecule has 1 aliphatic heterocycles. The zero-order valence-corrected chi connectivity index (χ0v) is 22.4. The van der Waals surface area contributed by atoms with Gasteiger partial charge in [0, 0.05) is 30.3 Å². The molecule has 5 nitrogen and oxygen atoms in total. The SMILES string of the molecule is Cc1cn(Cc2ccccc2)nc(C(=O)N2CCC[C@@H]2[C@H](C)[C@H](c2cccc(F)c2)c2cccc(F)c2F)c1=O. The van der Waals surface area contributed by atoms with E-state index in [1.807, 2.05) is 37.3 Å². The maximum Gasteiger partial charge on any atom is 0.278 e. The first-order chi connectivity index (χ1) is 19.2. The van der Waals surface area contributed by atoms with E-state index < -0.39 is 46.7 Å². The lowest BCUT2D eigenvalue weighted by atomic mass is 9.77. The molecule has 0 N–H and O–H groups in total. The first kappa shape index (κ1) is 27.4. The first-order valence-corrected chi connectivity index (χ1v) is 13.4. The minimum absolute atomic E-state index is 0.0938. The number of likely N-dealkylation sites (tertiary alicyclic amines) is 1. The Morgan fingerprint density at radius 3 is 2.52 bits per heavy atom. The van der Waals surface area contributed by atoms with Gasteiger partial charge in [0.25, 0.3) is 5.91 Å². The van der Waals surface area contributed by atoms with Crippen LogP contribution in [0.1, 0.15) is 58.4 Å². The van der Waals surface area contributed by atoms with Crippen LogP contribution in [0.15, 0.2) is 83.8 Å². The Hall–Kier alpha value is -4.20. The summed E-state index contributed by atoms with van der Waals surface area (Å²) in [4.78, 5) is 28.6. The van der Waals surface area contributed by atoms with Crippen molar-refractivity contribution in [3.63, 3.8) is 0 Å². The van der Waals surface area contributed by atoms with Crippen molar-refractivity contribution in [1.82, 2.24) is 14.7 Å². The lowest BCUT2D eigenvalue weighted by molar-refractivity contribution is 0.0675. The average molecular weight is 546 g/mol. The summed E-state index contributed by atoms with van der Waals surface area (Å²) in [6, 6.07) is 19.0. The van der Waals surface area contributed by atoms with E-state index in [0.717, 1.165) is 11.6 Å². The van der Waals surface area contributed by atoms with Crippen molar-refractivity contribution >= 4 is 5.91 Å². The molecule has 0 aliphatic carbocycles. The van der Waals surface area contributed by atoms with E-state index in [9.17, 15) is 18.4 Å². The van der Waals surface area contributed by atoms with E-state index in [1.165, 1.54) is 30.3 Å². The Bertz CT molecular complexity index is 1590. The van der Waals surface area contributed by atoms with Crippen molar-refractivity contribution in [2.75, 3.05) is 6.54 Å². The number of benzene rings is 3. The van der Waals surface area contributed by atoms with Gasteiger partial charge in [0.05, 0.1) is 6.54 Å². The molecule has 4 aromatic rings. The monoisotopic (exact) mass is 545 g/mol. The second-order valence-corrected chi connectivity index (χ2v) is 10.4. The summed E-state index contributed by atoms with van der Waals surface area (Å²) in [5.74, 6) is -4.14. The number of aromatic nitrogens is 2. The highest BCUT2D eigenvalue weighted by molar-refractivity contribution is 5.92. The molecule has 5 rings (SSSR count). The molecule has 0 spiro atoms. The molecule has 3 atom stereocenters. The molecular weight excluding hydrogens is 515 g/mol. The fourth-order valence-electron chi connectivity index (χ4n) is 5.84. The Labute approximate surface area is 230 Å². The molecule has 3 aromatic carbocycles. The van der Waals surface area contributed by atoms with Crippen molar-refractivity contribution in [3.05, 3.63) is 135 Å². The fourth-order valence-corrected chi connectivity index (χ4v) is 5.84. The topological polar surface area (TPSA) is 55.2 Å². The van der Waals surface area contributed by atoms with Gasteiger partial charge < -0.3 is 4.90 Å². The molecule has 1 aliphatic rings. The number of halogens is 3. The molecule has 0 radical (unpaired) electrons. The van der Waals surface area contributed by atoms with Gasteiger partial charge in [0.2, 0.25) is 5.43 Å². The fraction of sp³-hybridized carbons (Fsp3) is 0.281. The highest BCUT2D eigenvalue weighted by Crippen LogP contribution is 2.40. The predicted octanol–water partition coefficient (Wildman–Crippen LogP) is 6.09. The van der Waals surface area contributed by atoms with E-state index in [2.05, 4.69) is 5.10 Å². The molecule has 1 saturated heterocycles. The van der Waals surface area contributed by atoms with E-state index in [4.69, 9.17) is 0 Å². The standard InChI is InChI=1S/C32H30F3N3O2/c1-20-18-37(19-22-9-4-3-5-10-22)36-30(31(20)39)32(40)38-16-8-15-27(38)21(2)28(23-11-6-12-24(33)17-23)25-13-7-14-26(34)29(25)35/h3-7,9-14,17-18,21,27-28H,8,15-16,19H2,1-2H3/t21-,27+,28+/m0/s1. The Kier molecular flexibility index (Phi) is 7.87. The minimum Gasteiger partial charge on any atom is -0.334 e. The van der Waals surface area contributed by atoms with E-state index >= 15 is 4.39 Å². The molecule has 1 aromatic heterocycles. The van der Waals surface area contributed by atoms with Gasteiger partial charge in [-0.2, -0.15) is 5.10 Å². The summed E-state index contributed by atoms with van der Waals surface area (Å²) in [5.41, 5.74) is 1.34. The quantitative estimate of drug-likeness (QED) is 0.283. The molecule has 8 heteroatoms. The Balaban J connectivity index is 1.51. The molecule has 206 valence electrons. The number of carbonyl (C=O) groups excluding carboxylic acids is 1. The van der Waals surface area contributed by atoms with Crippen molar-refractivity contribution < 1.29 is 18.0 Å². The summed E-state index contributed by atoms with van der Waals surface area (Å²) in [6.45, 7) is 4.29. The highest BCUT2D eigenvalue weighted by atomic mass is 19.2. The van der Waals surface area contributed by atoms with Gasteiger partial charge >= 0.3 is 0 Å². The van der Waals surface area contributed by atoms with Crippen molar-refractivity contribution in [2.45, 2.75) is 45.2 Å². The molecule has 0 saturated carbocycles. The predicted molar refractivity (Wildman–Crippen MR) is 147 cm³/mol. The third-order valence-corrected chi connectivity index (χ3v) is 7.75. The van der Waals surface area contributed by atoms with Gasteiger partial charge in [-0.3, -0.25) is 14.3 Å². The molecule has 2 heterocycles. The Morgan fingerprint density at radius 1 is 1.02 bits per heavy atom. The van der Waals surface area contributed by atoms with Gasteiger partial charge in [-0.05, 0) is 60.6 Å². The maximum atomic E-state index is 15.1. The van der Waals surface area contributed by atoms with Crippen LogP contribution in [0.4, 0.5) is 13.2 Å². The van der Waals surface area contributed by atoms with Crippen LogP contribution in [0.25, 0.3) is 0 Å². The molecule has 0 unspecified atom stereocenters. The van der Waals surface area contributed by atoms with E-state index in [1.54, 1.807) is 28.8 Å². The number of carbonyl (C=O) groups is 1. The van der Waals surface area contributed by atoms with Crippen LogP contribution in [-0.4, -0.2) is 33.2 Å². The summed E-state index contributed by atoms with van der Waals surface area (Å²) >= 11 is 0. The lowest BCUT2D eigenvalue weighted by Gasteiger charge is -2.35. The molecule has 1 amide bonds. The van der Waals surface area contributed by atoms with Crippen LogP contribution in [0, 0.1) is 30.3 Å². The number of hydrogen-bond acceptors (Lipinski definition) is 3. The van der Waals surface area contributed by atoms with E-state index in [0.29, 0.717) is 37.1 Å². The van der Waals surface area contributed by atoms with Crippen LogP contribution >= 0.6 is 0 Å². The van der Waals surface area contributed by atoms with E-state index in [-0.39, 0.29) is 11.3 Å². The highest BCUT2D eigenvalue weighted by Gasteiger charge is 2.40. The Morgan fingerprint density at radius 2 is 1.77 bits per heavy atom. The zero-order chi connectivity index (χ0) is 28.4. The zero-order valence-electron chi connectivity index (χ0n) is 22.4. The molecular formula is C32H30F3N3O2. The van der Waals surface area contributed by atoms with Crippen LogP contribution in [-0.2, 0) is 6.54 Å². The van der Waals surface area contributed by atoms with Crippen molar-refractivity contribution in [3.8, 4) is 0 Å². The van der Waals surface area contributed by atoms with Gasteiger partial charge in [0.1, 0.15) is 5.82 Å². The minimum atomic E-state index is -0.997. The third kappa shape index (κ3) is 5.43. The molecule has 1 fully saturated rings. The summed E-state index contributed by atoms with van der Waals surface area (Å²) in [5, 5.41) is 4.42. The number of nitrogens with zero attached hydrogens (tertiary/aromatic N) is 3. The average Bonchev–Trinajstić information content (AvgIpc) is 3.43. The van der Waals surface area contributed by atoms with Gasteiger partial charge in [-0.25, -0.2) is 13.2 Å². The lowest BCUT2D eigenvalue weighted by Crippen LogP contribution is -2.44. The van der Waals surface area contributed by atoms with Crippen LogP contribution in [0.3, 0.4) is 0 Å². The van der Waals surface area contributed by atoms with Gasteiger partial charge in [-0.1, -0.05) is 61.5 Å². The third-order valence-electron chi connectivity index (χ3n) is 7.75. The molecule has 40 heavy (non-hydrogen) atoms. The molecule has 0 bridgehead atoms. The number of rotatable bonds is 7. The normalized spacial score (nSPS) is 16.6. The van der Waals surface area contributed by atoms with Crippen molar-refractivity contribution in [2.24, 2.45) is 5.92 Å². The summed E-state index contributed by atoms with van der Waals surface area (Å²) < 4.78 is 45.3. The number of hydrogen-bond donors (Lipinski definition) is 0.